The molecule has 0 amide bonds. The van der Waals surface area contributed by atoms with Crippen molar-refractivity contribution >= 4 is 0 Å². The lowest BCUT2D eigenvalue weighted by Crippen LogP contribution is -2.23. The molecule has 0 bridgehead atoms. The molecule has 0 aliphatic carbocycles. The summed E-state index contributed by atoms with van der Waals surface area (Å²) in [6.07, 6.45) is 5.81. The van der Waals surface area contributed by atoms with Gasteiger partial charge >= 0.3 is 0 Å². The van der Waals surface area contributed by atoms with Crippen molar-refractivity contribution in [3.63, 3.8) is 0 Å². The fraction of sp³-hybridized carbons (Fsp3) is 0.500. The van der Waals surface area contributed by atoms with Gasteiger partial charge in [0.15, 0.2) is 0 Å². The summed E-state index contributed by atoms with van der Waals surface area (Å²) in [7, 11) is 0. The third-order valence-corrected chi connectivity index (χ3v) is 1.34. The second-order valence-corrected chi connectivity index (χ2v) is 2.16. The Bertz CT molecular complexity index is 158. The number of nitrogens with two attached hydrogens (primary N) is 1. The molecule has 1 rings (SSSR count). The highest BCUT2D eigenvalue weighted by Crippen LogP contribution is 1.96. The van der Waals surface area contributed by atoms with E-state index in [2.05, 4.69) is 15.6 Å². The minimum Gasteiger partial charge on any atom is -0.285 e. The Morgan fingerprint density at radius 2 is 2.60 bits per heavy atom. The molecule has 10 heavy (non-hydrogen) atoms. The number of nitrogens with one attached hydrogen (secondary N) is 2. The zero-order chi connectivity index (χ0) is 7.23. The number of hydrogen-bond acceptors (Lipinski definition) is 3. The predicted molar refractivity (Wildman–Crippen MR) is 39.1 cm³/mol. The molecule has 0 saturated heterocycles. The number of aromatic amines is 1. The maximum absolute atomic E-state index is 5.09. The normalized spacial score (nSPS) is 10.1. The van der Waals surface area contributed by atoms with Crippen molar-refractivity contribution in [2.45, 2.75) is 12.8 Å². The van der Waals surface area contributed by atoms with E-state index in [0.717, 1.165) is 19.4 Å². The molecule has 0 fully saturated rings. The molecule has 0 aliphatic rings. The van der Waals surface area contributed by atoms with Crippen LogP contribution < -0.4 is 11.3 Å². The van der Waals surface area contributed by atoms with Gasteiger partial charge in [-0.05, 0) is 18.4 Å². The molecule has 56 valence electrons. The number of nitrogens with zero attached hydrogens (tertiary/aromatic N) is 1. The molecule has 1 aromatic heterocycles. The fourth-order valence-corrected chi connectivity index (χ4v) is 0.809. The predicted octanol–water partition coefficient (Wildman–Crippen LogP) is -0.194. The van der Waals surface area contributed by atoms with E-state index in [1.165, 1.54) is 5.56 Å². The molecule has 0 unspecified atom stereocenters. The summed E-state index contributed by atoms with van der Waals surface area (Å²) >= 11 is 0. The summed E-state index contributed by atoms with van der Waals surface area (Å²) in [5.41, 5.74) is 3.83. The highest BCUT2D eigenvalue weighted by atomic mass is 15.2. The molecule has 0 aromatic carbocycles. The molecular weight excluding hydrogens is 128 g/mol. The molecule has 4 heteroatoms. The summed E-state index contributed by atoms with van der Waals surface area (Å²) in [4.78, 5) is 0. The van der Waals surface area contributed by atoms with Crippen molar-refractivity contribution in [3.8, 4) is 0 Å². The van der Waals surface area contributed by atoms with Gasteiger partial charge < -0.3 is 0 Å². The molecule has 1 aromatic rings. The van der Waals surface area contributed by atoms with Gasteiger partial charge in [-0.25, -0.2) is 0 Å². The number of H-pyrrole nitrogens is 1. The number of rotatable bonds is 4. The van der Waals surface area contributed by atoms with Crippen LogP contribution in [0.1, 0.15) is 12.0 Å². The summed E-state index contributed by atoms with van der Waals surface area (Å²) in [6, 6.07) is 0. The van der Waals surface area contributed by atoms with Gasteiger partial charge in [0.1, 0.15) is 0 Å². The summed E-state index contributed by atoms with van der Waals surface area (Å²) in [5, 5.41) is 6.58. The summed E-state index contributed by atoms with van der Waals surface area (Å²) in [6.45, 7) is 0.852. The Balaban J connectivity index is 2.15. The summed E-state index contributed by atoms with van der Waals surface area (Å²) in [5.74, 6) is 5.09. The van der Waals surface area contributed by atoms with Crippen molar-refractivity contribution in [1.29, 1.82) is 0 Å². The van der Waals surface area contributed by atoms with Crippen LogP contribution in [0.4, 0.5) is 0 Å². The zero-order valence-electron chi connectivity index (χ0n) is 5.80. The van der Waals surface area contributed by atoms with E-state index in [9.17, 15) is 0 Å². The summed E-state index contributed by atoms with van der Waals surface area (Å²) < 4.78 is 0. The molecule has 4 nitrogen and oxygen atoms in total. The first-order valence-corrected chi connectivity index (χ1v) is 3.34. The maximum Gasteiger partial charge on any atom is 0.0519 e. The standard InChI is InChI=1S/C6H12N4/c7-8-3-1-2-6-4-9-10-5-6/h4-5,8H,1-3,7H2,(H,9,10). The number of hydrogen-bond donors (Lipinski definition) is 3. The Morgan fingerprint density at radius 3 is 3.20 bits per heavy atom. The quantitative estimate of drug-likeness (QED) is 0.308. The second-order valence-electron chi connectivity index (χ2n) is 2.16. The van der Waals surface area contributed by atoms with Crippen molar-refractivity contribution in [3.05, 3.63) is 18.0 Å². The lowest BCUT2D eigenvalue weighted by atomic mass is 10.2. The van der Waals surface area contributed by atoms with Crippen molar-refractivity contribution in [1.82, 2.24) is 15.6 Å². The van der Waals surface area contributed by atoms with Crippen LogP contribution >= 0.6 is 0 Å². The van der Waals surface area contributed by atoms with Crippen molar-refractivity contribution in [2.24, 2.45) is 5.84 Å². The van der Waals surface area contributed by atoms with Crippen LogP contribution in [0.25, 0.3) is 0 Å². The third-order valence-electron chi connectivity index (χ3n) is 1.34. The molecular formula is C6H12N4. The highest BCUT2D eigenvalue weighted by molar-refractivity contribution is 5.01. The van der Waals surface area contributed by atoms with E-state index in [-0.39, 0.29) is 0 Å². The third kappa shape index (κ3) is 2.16. The fourth-order valence-electron chi connectivity index (χ4n) is 0.809. The van der Waals surface area contributed by atoms with Gasteiger partial charge in [0.05, 0.1) is 6.20 Å². The number of aromatic nitrogens is 2. The van der Waals surface area contributed by atoms with E-state index >= 15 is 0 Å². The lowest BCUT2D eigenvalue weighted by Gasteiger charge is -1.94. The average Bonchev–Trinajstić information content (AvgIpc) is 2.41. The number of aryl methyl sites for hydroxylation is 1. The number of hydrazine groups is 1. The van der Waals surface area contributed by atoms with Crippen LogP contribution in [0, 0.1) is 0 Å². The van der Waals surface area contributed by atoms with Crippen LogP contribution in [-0.4, -0.2) is 16.7 Å². The van der Waals surface area contributed by atoms with Gasteiger partial charge in [0.25, 0.3) is 0 Å². The Labute approximate surface area is 59.8 Å². The topological polar surface area (TPSA) is 66.7 Å². The van der Waals surface area contributed by atoms with Gasteiger partial charge in [-0.15, -0.1) is 0 Å². The minimum atomic E-state index is 0.852. The van der Waals surface area contributed by atoms with Crippen LogP contribution in [0.15, 0.2) is 12.4 Å². The Kier molecular flexibility index (Phi) is 2.92. The first-order chi connectivity index (χ1) is 4.93. The average molecular weight is 140 g/mol. The smallest absolute Gasteiger partial charge is 0.0519 e. The molecule has 1 heterocycles. The van der Waals surface area contributed by atoms with Crippen LogP contribution in [0.3, 0.4) is 0 Å². The molecule has 0 radical (unpaired) electrons. The second kappa shape index (κ2) is 4.03. The largest absolute Gasteiger partial charge is 0.285 e. The van der Waals surface area contributed by atoms with E-state index in [1.54, 1.807) is 0 Å². The van der Waals surface area contributed by atoms with Gasteiger partial charge in [-0.1, -0.05) is 0 Å². The molecule has 4 N–H and O–H groups in total. The molecule has 0 saturated carbocycles. The highest BCUT2D eigenvalue weighted by Gasteiger charge is 1.91. The maximum atomic E-state index is 5.09. The van der Waals surface area contributed by atoms with Gasteiger partial charge in [-0.2, -0.15) is 5.10 Å². The lowest BCUT2D eigenvalue weighted by molar-refractivity contribution is 0.680. The molecule has 0 aliphatic heterocycles. The van der Waals surface area contributed by atoms with Gasteiger partial charge in [0.2, 0.25) is 0 Å². The minimum absolute atomic E-state index is 0.852. The monoisotopic (exact) mass is 140 g/mol. The van der Waals surface area contributed by atoms with E-state index in [0.29, 0.717) is 0 Å². The molecule has 0 atom stereocenters. The van der Waals surface area contributed by atoms with Crippen LogP contribution in [-0.2, 0) is 6.42 Å². The van der Waals surface area contributed by atoms with E-state index in [1.807, 2.05) is 12.4 Å². The Morgan fingerprint density at radius 1 is 1.70 bits per heavy atom. The Hall–Kier alpha value is -0.870. The van der Waals surface area contributed by atoms with E-state index in [4.69, 9.17) is 5.84 Å². The van der Waals surface area contributed by atoms with Crippen molar-refractivity contribution < 1.29 is 0 Å². The van der Waals surface area contributed by atoms with Gasteiger partial charge in [0, 0.05) is 12.7 Å². The molecule has 0 spiro atoms. The zero-order valence-corrected chi connectivity index (χ0v) is 5.80. The van der Waals surface area contributed by atoms with Gasteiger partial charge in [-0.3, -0.25) is 16.4 Å². The SMILES string of the molecule is NNCCCc1cn[nH]c1. The van der Waals surface area contributed by atoms with E-state index < -0.39 is 0 Å². The van der Waals surface area contributed by atoms with Crippen molar-refractivity contribution in [2.75, 3.05) is 6.54 Å². The van der Waals surface area contributed by atoms with Crippen LogP contribution in [0.2, 0.25) is 0 Å². The first kappa shape index (κ1) is 7.24. The van der Waals surface area contributed by atoms with Crippen LogP contribution in [0.5, 0.6) is 0 Å². The first-order valence-electron chi connectivity index (χ1n) is 3.34.